The van der Waals surface area contributed by atoms with E-state index in [2.05, 4.69) is 5.32 Å². The molecule has 0 aromatic carbocycles. The van der Waals surface area contributed by atoms with Crippen LogP contribution in [0.4, 0.5) is 0 Å². The molecule has 5 heteroatoms. The summed E-state index contributed by atoms with van der Waals surface area (Å²) in [7, 11) is 3.50. The molecular weight excluding hydrogens is 209 g/mol. The minimum absolute atomic E-state index is 0. The fourth-order valence-electron chi connectivity index (χ4n) is 0. The molecule has 10 heavy (non-hydrogen) atoms. The van der Waals surface area contributed by atoms with Gasteiger partial charge in [-0.2, -0.15) is 14.1 Å². The first-order valence-corrected chi connectivity index (χ1v) is 2.42. The molecule has 63 valence electrons. The zero-order valence-electron chi connectivity index (χ0n) is 6.56. The topological polar surface area (TPSA) is 34.3 Å². The Kier molecular flexibility index (Phi) is 148. The Morgan fingerprint density at radius 1 is 1.20 bits per heavy atom. The maximum absolute atomic E-state index is 7.88. The molecule has 0 aliphatic rings. The van der Waals surface area contributed by atoms with Crippen LogP contribution in [0, 0.1) is 0 Å². The summed E-state index contributed by atoms with van der Waals surface area (Å²) < 4.78 is 0. The fraction of sp³-hybridized carbons (Fsp3) is 1.00. The van der Waals surface area contributed by atoms with Gasteiger partial charge in [-0.1, -0.05) is 6.92 Å². The largest absolute Gasteiger partial charge is 3.00 e. The van der Waals surface area contributed by atoms with Crippen LogP contribution in [-0.4, -0.2) is 25.8 Å². The van der Waals surface area contributed by atoms with E-state index < -0.39 is 0 Å². The fourth-order valence-corrected chi connectivity index (χ4v) is 0. The number of aliphatic hydroxyl groups is 1. The Morgan fingerprint density at radius 2 is 1.30 bits per heavy atom. The molecule has 0 aliphatic heterocycles. The van der Waals surface area contributed by atoms with E-state index in [4.69, 9.17) is 5.11 Å². The van der Waals surface area contributed by atoms with E-state index in [-0.39, 0.29) is 46.5 Å². The average Bonchev–Trinajstić information content (AvgIpc) is 1.69. The van der Waals surface area contributed by atoms with Gasteiger partial charge in [0.1, 0.15) is 0 Å². The van der Waals surface area contributed by atoms with Gasteiger partial charge in [0.25, 0.3) is 0 Å². The van der Waals surface area contributed by atoms with Crippen molar-refractivity contribution in [2.45, 2.75) is 13.3 Å². The van der Waals surface area contributed by atoms with Gasteiger partial charge in [-0.05, 0) is 6.42 Å². The standard InChI is InChI=1S/C3H8O.C2H6N.2ClH.Ti/c1-2-3-4;1-3-2;;;/h4H,2-3H2,1H3;1-2H3;2*1H;/q;-1;;;+3/p-2. The van der Waals surface area contributed by atoms with Crippen molar-refractivity contribution in [3.8, 4) is 0 Å². The van der Waals surface area contributed by atoms with Gasteiger partial charge in [0.05, 0.1) is 0 Å². The molecule has 0 heterocycles. The number of aliphatic hydroxyl groups excluding tert-OH is 1. The van der Waals surface area contributed by atoms with Crippen LogP contribution >= 0.6 is 0 Å². The Morgan fingerprint density at radius 3 is 1.30 bits per heavy atom. The van der Waals surface area contributed by atoms with Crippen LogP contribution in [0.5, 0.6) is 0 Å². The second kappa shape index (κ2) is 48.8. The average molecular weight is 223 g/mol. The van der Waals surface area contributed by atoms with Crippen LogP contribution in [0.2, 0.25) is 0 Å². The summed E-state index contributed by atoms with van der Waals surface area (Å²) in [5.41, 5.74) is 0. The van der Waals surface area contributed by atoms with E-state index in [9.17, 15) is 0 Å². The van der Waals surface area contributed by atoms with Crippen molar-refractivity contribution in [3.05, 3.63) is 5.32 Å². The molecule has 0 saturated heterocycles. The van der Waals surface area contributed by atoms with Crippen molar-refractivity contribution in [2.24, 2.45) is 0 Å². The maximum atomic E-state index is 7.88. The molecular formula is C5H14Cl2NOTi. The quantitative estimate of drug-likeness (QED) is 0.444. The van der Waals surface area contributed by atoms with Gasteiger partial charge in [-0.3, -0.25) is 0 Å². The summed E-state index contributed by atoms with van der Waals surface area (Å²) >= 11 is 0. The van der Waals surface area contributed by atoms with E-state index >= 15 is 0 Å². The Bertz CT molecular complexity index is 27.1. The first-order chi connectivity index (χ1) is 3.33. The van der Waals surface area contributed by atoms with E-state index in [1.807, 2.05) is 6.92 Å². The normalized spacial score (nSPS) is 4.80. The van der Waals surface area contributed by atoms with E-state index in [0.717, 1.165) is 6.42 Å². The zero-order chi connectivity index (χ0) is 6.12. The van der Waals surface area contributed by atoms with Crippen LogP contribution in [-0.2, 0) is 21.7 Å². The summed E-state index contributed by atoms with van der Waals surface area (Å²) in [5.74, 6) is 0. The molecule has 0 rings (SSSR count). The van der Waals surface area contributed by atoms with Gasteiger partial charge in [0, 0.05) is 6.61 Å². The zero-order valence-corrected chi connectivity index (χ0v) is 9.64. The molecule has 0 spiro atoms. The van der Waals surface area contributed by atoms with Crippen molar-refractivity contribution < 1.29 is 51.6 Å². The van der Waals surface area contributed by atoms with Crippen LogP contribution < -0.4 is 24.8 Å². The molecule has 0 amide bonds. The molecule has 1 radical (unpaired) electrons. The van der Waals surface area contributed by atoms with Crippen LogP contribution in [0.25, 0.3) is 5.32 Å². The number of hydrogen-bond donors (Lipinski definition) is 1. The third-order valence-corrected chi connectivity index (χ3v) is 0.224. The van der Waals surface area contributed by atoms with Gasteiger partial charge >= 0.3 is 21.7 Å². The van der Waals surface area contributed by atoms with Crippen molar-refractivity contribution >= 4 is 0 Å². The van der Waals surface area contributed by atoms with E-state index in [1.54, 1.807) is 14.1 Å². The number of rotatable bonds is 1. The molecule has 0 unspecified atom stereocenters. The second-order valence-electron chi connectivity index (χ2n) is 1.17. The molecule has 2 nitrogen and oxygen atoms in total. The monoisotopic (exact) mass is 222 g/mol. The predicted molar refractivity (Wildman–Crippen MR) is 32.6 cm³/mol. The Hall–Kier alpha value is 1.21. The minimum atomic E-state index is 0. The number of halogens is 2. The first-order valence-electron chi connectivity index (χ1n) is 2.42. The maximum Gasteiger partial charge on any atom is 3.00 e. The van der Waals surface area contributed by atoms with E-state index in [1.165, 1.54) is 0 Å². The smallest absolute Gasteiger partial charge is 1.00 e. The Labute approximate surface area is 90.9 Å². The van der Waals surface area contributed by atoms with Gasteiger partial charge in [0.15, 0.2) is 0 Å². The number of nitrogens with zero attached hydrogens (tertiary/aromatic N) is 1. The van der Waals surface area contributed by atoms with Crippen molar-refractivity contribution in [3.63, 3.8) is 0 Å². The molecule has 1 N–H and O–H groups in total. The summed E-state index contributed by atoms with van der Waals surface area (Å²) in [4.78, 5) is 0. The molecule has 0 aromatic rings. The van der Waals surface area contributed by atoms with Crippen molar-refractivity contribution in [1.29, 1.82) is 0 Å². The summed E-state index contributed by atoms with van der Waals surface area (Å²) in [6.45, 7) is 2.25. The van der Waals surface area contributed by atoms with Crippen molar-refractivity contribution in [1.82, 2.24) is 0 Å². The Balaban J connectivity index is -0.0000000131. The number of hydrogen-bond acceptors (Lipinski definition) is 1. The molecule has 0 bridgehead atoms. The molecule has 0 atom stereocenters. The SMILES string of the molecule is CCCO.C[N-]C.[Cl-].[Cl-].[Ti+3]. The second-order valence-corrected chi connectivity index (χ2v) is 1.17. The molecule has 0 aromatic heterocycles. The predicted octanol–water partition coefficient (Wildman–Crippen LogP) is -4.99. The van der Waals surface area contributed by atoms with Crippen LogP contribution in [0.3, 0.4) is 0 Å². The molecule has 0 saturated carbocycles. The van der Waals surface area contributed by atoms with Gasteiger partial charge in [-0.25, -0.2) is 0 Å². The first kappa shape index (κ1) is 30.3. The summed E-state index contributed by atoms with van der Waals surface area (Å²) in [5, 5.41) is 11.4. The van der Waals surface area contributed by atoms with Crippen LogP contribution in [0.1, 0.15) is 13.3 Å². The summed E-state index contributed by atoms with van der Waals surface area (Å²) in [6, 6.07) is 0. The summed E-state index contributed by atoms with van der Waals surface area (Å²) in [6.07, 6.45) is 0.875. The van der Waals surface area contributed by atoms with E-state index in [0.29, 0.717) is 6.61 Å². The minimum Gasteiger partial charge on any atom is -1.00 e. The van der Waals surface area contributed by atoms with Gasteiger partial charge < -0.3 is 35.2 Å². The van der Waals surface area contributed by atoms with Gasteiger partial charge in [-0.15, -0.1) is 0 Å². The van der Waals surface area contributed by atoms with Crippen LogP contribution in [0.15, 0.2) is 0 Å². The van der Waals surface area contributed by atoms with Gasteiger partial charge in [0.2, 0.25) is 0 Å². The van der Waals surface area contributed by atoms with Crippen molar-refractivity contribution in [2.75, 3.05) is 20.7 Å². The molecule has 0 fully saturated rings. The molecule has 0 aliphatic carbocycles. The third kappa shape index (κ3) is 127. The third-order valence-electron chi connectivity index (χ3n) is 0.224.